The lowest BCUT2D eigenvalue weighted by Crippen LogP contribution is -2.45. The molecule has 1 aromatic heterocycles. The lowest BCUT2D eigenvalue weighted by atomic mass is 9.98. The maximum absolute atomic E-state index is 14.1. The third kappa shape index (κ3) is 3.14. The van der Waals surface area contributed by atoms with Gasteiger partial charge < -0.3 is 25.8 Å². The van der Waals surface area contributed by atoms with Crippen molar-refractivity contribution in [3.63, 3.8) is 0 Å². The van der Waals surface area contributed by atoms with Gasteiger partial charge in [0.15, 0.2) is 0 Å². The summed E-state index contributed by atoms with van der Waals surface area (Å²) in [5, 5.41) is 3.38. The van der Waals surface area contributed by atoms with Crippen LogP contribution in [0.2, 0.25) is 0 Å². The Morgan fingerprint density at radius 3 is 2.72 bits per heavy atom. The molecule has 1 atom stereocenters. The number of carbonyl (C=O) groups excluding carboxylic acids is 1. The molecular formula is C23H28FN7O. The number of hydrogen-bond donors (Lipinski definition) is 2. The molecule has 1 unspecified atom stereocenters. The summed E-state index contributed by atoms with van der Waals surface area (Å²) in [6, 6.07) is 4.87. The van der Waals surface area contributed by atoms with E-state index in [1.807, 2.05) is 6.20 Å². The number of piperazine rings is 1. The highest BCUT2D eigenvalue weighted by atomic mass is 19.1. The van der Waals surface area contributed by atoms with Gasteiger partial charge in [0.05, 0.1) is 17.6 Å². The summed E-state index contributed by atoms with van der Waals surface area (Å²) in [5.41, 5.74) is 8.17. The number of nitrogens with two attached hydrogens (primary N) is 1. The largest absolute Gasteiger partial charge is 0.354 e. The summed E-state index contributed by atoms with van der Waals surface area (Å²) in [7, 11) is 0. The zero-order valence-corrected chi connectivity index (χ0v) is 18.1. The summed E-state index contributed by atoms with van der Waals surface area (Å²) in [5.74, 6) is 1.30. The molecule has 4 heterocycles. The fourth-order valence-corrected chi connectivity index (χ4v) is 5.32. The van der Waals surface area contributed by atoms with E-state index in [2.05, 4.69) is 20.1 Å². The highest BCUT2D eigenvalue weighted by Crippen LogP contribution is 2.57. The second kappa shape index (κ2) is 7.38. The average Bonchev–Trinajstić information content (AvgIpc) is 3.45. The molecule has 3 fully saturated rings. The van der Waals surface area contributed by atoms with Crippen LogP contribution in [0.5, 0.6) is 0 Å². The van der Waals surface area contributed by atoms with Crippen molar-refractivity contribution in [3.8, 4) is 0 Å². The Kier molecular flexibility index (Phi) is 4.58. The number of carbonyl (C=O) groups is 1. The molecule has 3 aliphatic heterocycles. The molecule has 4 aliphatic rings. The van der Waals surface area contributed by atoms with Crippen molar-refractivity contribution in [3.05, 3.63) is 41.3 Å². The number of anilines is 3. The molecule has 2 saturated heterocycles. The van der Waals surface area contributed by atoms with Crippen LogP contribution < -0.4 is 25.8 Å². The number of fused-ring (bicyclic) bond motifs is 2. The number of halogens is 1. The first kappa shape index (κ1) is 19.9. The van der Waals surface area contributed by atoms with E-state index < -0.39 is 5.41 Å². The summed E-state index contributed by atoms with van der Waals surface area (Å²) in [4.78, 5) is 29.1. The highest BCUT2D eigenvalue weighted by Gasteiger charge is 2.59. The van der Waals surface area contributed by atoms with Crippen LogP contribution in [0.3, 0.4) is 0 Å². The van der Waals surface area contributed by atoms with Crippen molar-refractivity contribution < 1.29 is 9.18 Å². The van der Waals surface area contributed by atoms with Gasteiger partial charge in [0.2, 0.25) is 11.9 Å². The Morgan fingerprint density at radius 2 is 2.00 bits per heavy atom. The summed E-state index contributed by atoms with van der Waals surface area (Å²) in [6.07, 6.45) is 4.43. The van der Waals surface area contributed by atoms with Crippen molar-refractivity contribution in [1.82, 2.24) is 15.3 Å². The third-order valence-electron chi connectivity index (χ3n) is 7.25. The van der Waals surface area contributed by atoms with Gasteiger partial charge in [-0.2, -0.15) is 4.98 Å². The van der Waals surface area contributed by atoms with E-state index in [1.165, 1.54) is 12.1 Å². The van der Waals surface area contributed by atoms with Gasteiger partial charge in [0, 0.05) is 57.1 Å². The van der Waals surface area contributed by atoms with Crippen LogP contribution in [0.1, 0.15) is 30.4 Å². The number of rotatable bonds is 4. The Balaban J connectivity index is 1.37. The van der Waals surface area contributed by atoms with E-state index in [1.54, 1.807) is 11.0 Å². The van der Waals surface area contributed by atoms with Crippen LogP contribution in [0.15, 0.2) is 24.4 Å². The molecule has 3 N–H and O–H groups in total. The molecule has 8 nitrogen and oxygen atoms in total. The minimum atomic E-state index is -0.454. The second-order valence-electron chi connectivity index (χ2n) is 9.39. The predicted octanol–water partition coefficient (Wildman–Crippen LogP) is 1.14. The van der Waals surface area contributed by atoms with Gasteiger partial charge in [0.1, 0.15) is 11.6 Å². The second-order valence-corrected chi connectivity index (χ2v) is 9.39. The Labute approximate surface area is 186 Å². The van der Waals surface area contributed by atoms with Crippen molar-refractivity contribution >= 4 is 23.4 Å². The first-order valence-corrected chi connectivity index (χ1v) is 11.5. The quantitative estimate of drug-likeness (QED) is 0.741. The Hall–Kier alpha value is -2.78. The minimum absolute atomic E-state index is 0.0685. The Morgan fingerprint density at radius 1 is 1.19 bits per heavy atom. The van der Waals surface area contributed by atoms with E-state index in [-0.39, 0.29) is 17.8 Å². The normalized spacial score (nSPS) is 23.9. The molecule has 0 radical (unpaired) electrons. The maximum atomic E-state index is 14.1. The van der Waals surface area contributed by atoms with Crippen molar-refractivity contribution in [2.45, 2.75) is 37.3 Å². The third-order valence-corrected chi connectivity index (χ3v) is 7.25. The topological polar surface area (TPSA) is 90.6 Å². The minimum Gasteiger partial charge on any atom is -0.354 e. The van der Waals surface area contributed by atoms with E-state index >= 15 is 0 Å². The standard InChI is InChI=1S/C23H28FN7O/c24-16-1-2-18-19(11-16)31(21(32)23(18)4-5-23)13-15-12-27-22(30-8-3-17(25)14-30)28-20(15)29-9-6-26-7-10-29/h1-2,11-12,17,26H,3-10,13-14,25H2. The van der Waals surface area contributed by atoms with Crippen LogP contribution >= 0.6 is 0 Å². The molecular weight excluding hydrogens is 409 g/mol. The van der Waals surface area contributed by atoms with E-state index in [4.69, 9.17) is 10.7 Å². The number of aromatic nitrogens is 2. The number of nitrogens with zero attached hydrogens (tertiary/aromatic N) is 5. The molecule has 1 saturated carbocycles. The lowest BCUT2D eigenvalue weighted by molar-refractivity contribution is -0.120. The van der Waals surface area contributed by atoms with Crippen LogP contribution in [0.25, 0.3) is 0 Å². The van der Waals surface area contributed by atoms with Crippen molar-refractivity contribution in [1.29, 1.82) is 0 Å². The van der Waals surface area contributed by atoms with Crippen LogP contribution in [0.4, 0.5) is 21.8 Å². The predicted molar refractivity (Wildman–Crippen MR) is 120 cm³/mol. The van der Waals surface area contributed by atoms with Crippen LogP contribution in [0, 0.1) is 5.82 Å². The van der Waals surface area contributed by atoms with Gasteiger partial charge in [-0.25, -0.2) is 9.37 Å². The lowest BCUT2D eigenvalue weighted by Gasteiger charge is -2.31. The van der Waals surface area contributed by atoms with Gasteiger partial charge >= 0.3 is 0 Å². The van der Waals surface area contributed by atoms with E-state index in [0.717, 1.165) is 75.5 Å². The van der Waals surface area contributed by atoms with Crippen molar-refractivity contribution in [2.24, 2.45) is 5.73 Å². The van der Waals surface area contributed by atoms with Gasteiger partial charge in [-0.3, -0.25) is 4.79 Å². The summed E-state index contributed by atoms with van der Waals surface area (Å²) < 4.78 is 14.1. The SMILES string of the molecule is NC1CCN(c2ncc(CN3C(=O)C4(CC4)c4ccc(F)cc43)c(N3CCNCC3)n2)C1. The highest BCUT2D eigenvalue weighted by molar-refractivity contribution is 6.10. The van der Waals surface area contributed by atoms with Gasteiger partial charge in [-0.15, -0.1) is 0 Å². The molecule has 1 amide bonds. The first-order valence-electron chi connectivity index (χ1n) is 11.5. The van der Waals surface area contributed by atoms with Crippen LogP contribution in [-0.2, 0) is 16.8 Å². The molecule has 1 aromatic carbocycles. The van der Waals surface area contributed by atoms with Crippen molar-refractivity contribution in [2.75, 3.05) is 54.0 Å². The molecule has 32 heavy (non-hydrogen) atoms. The first-order chi connectivity index (χ1) is 15.5. The zero-order valence-electron chi connectivity index (χ0n) is 18.1. The number of nitrogens with one attached hydrogen (secondary N) is 1. The maximum Gasteiger partial charge on any atom is 0.238 e. The monoisotopic (exact) mass is 437 g/mol. The smallest absolute Gasteiger partial charge is 0.238 e. The number of amides is 1. The summed E-state index contributed by atoms with van der Waals surface area (Å²) in [6.45, 7) is 5.38. The molecule has 1 aliphatic carbocycles. The molecule has 9 heteroatoms. The molecule has 6 rings (SSSR count). The van der Waals surface area contributed by atoms with E-state index in [9.17, 15) is 9.18 Å². The fraction of sp³-hybridized carbons (Fsp3) is 0.522. The molecule has 2 aromatic rings. The molecule has 168 valence electrons. The molecule has 1 spiro atoms. The van der Waals surface area contributed by atoms with Gasteiger partial charge in [-0.1, -0.05) is 6.07 Å². The van der Waals surface area contributed by atoms with Gasteiger partial charge in [0.25, 0.3) is 0 Å². The van der Waals surface area contributed by atoms with Gasteiger partial charge in [-0.05, 0) is 37.0 Å². The number of benzene rings is 1. The summed E-state index contributed by atoms with van der Waals surface area (Å²) >= 11 is 0. The molecule has 0 bridgehead atoms. The Bertz CT molecular complexity index is 1070. The van der Waals surface area contributed by atoms with Crippen LogP contribution in [-0.4, -0.2) is 61.2 Å². The average molecular weight is 438 g/mol. The zero-order chi connectivity index (χ0) is 21.9. The number of hydrogen-bond acceptors (Lipinski definition) is 7. The fourth-order valence-electron chi connectivity index (χ4n) is 5.32. The van der Waals surface area contributed by atoms with E-state index in [0.29, 0.717) is 18.2 Å².